The van der Waals surface area contributed by atoms with E-state index in [9.17, 15) is 14.7 Å². The summed E-state index contributed by atoms with van der Waals surface area (Å²) in [5.41, 5.74) is 3.26. The van der Waals surface area contributed by atoms with E-state index in [1.165, 1.54) is 12.3 Å². The van der Waals surface area contributed by atoms with Crippen molar-refractivity contribution in [3.8, 4) is 5.75 Å². The maximum atomic E-state index is 12.4. The van der Waals surface area contributed by atoms with Crippen molar-refractivity contribution in [2.45, 2.75) is 0 Å². The van der Waals surface area contributed by atoms with Gasteiger partial charge in [-0.3, -0.25) is 9.59 Å². The largest absolute Gasteiger partial charge is 0.507 e. The zero-order valence-corrected chi connectivity index (χ0v) is 15.7. The van der Waals surface area contributed by atoms with Crippen molar-refractivity contribution in [3.63, 3.8) is 0 Å². The topological polar surface area (TPSA) is 90.8 Å². The lowest BCUT2D eigenvalue weighted by atomic mass is 10.0. The number of nitrogens with one attached hydrogen (secondary N) is 2. The number of hydrazone groups is 1. The number of rotatable bonds is 5. The summed E-state index contributed by atoms with van der Waals surface area (Å²) >= 11 is 3.29. The number of phenolic OH excluding ortho intramolecular Hbond substituents is 1. The summed E-state index contributed by atoms with van der Waals surface area (Å²) in [5, 5.41) is 17.8. The summed E-state index contributed by atoms with van der Waals surface area (Å²) in [6, 6.07) is 17.8. The first-order valence-electron chi connectivity index (χ1n) is 8.11. The van der Waals surface area contributed by atoms with Crippen LogP contribution in [0.15, 0.2) is 70.2 Å². The van der Waals surface area contributed by atoms with Crippen LogP contribution in [-0.4, -0.2) is 29.7 Å². The minimum Gasteiger partial charge on any atom is -0.507 e. The fraction of sp³-hybridized carbons (Fsp3) is 0.0500. The lowest BCUT2D eigenvalue weighted by Crippen LogP contribution is -2.35. The van der Waals surface area contributed by atoms with Crippen LogP contribution in [0.2, 0.25) is 0 Å². The Kier molecular flexibility index (Phi) is 5.83. The van der Waals surface area contributed by atoms with Crippen LogP contribution in [0, 0.1) is 0 Å². The summed E-state index contributed by atoms with van der Waals surface area (Å²) in [6.07, 6.45) is 1.32. The fourth-order valence-electron chi connectivity index (χ4n) is 2.52. The normalized spacial score (nSPS) is 10.9. The van der Waals surface area contributed by atoms with Crippen LogP contribution in [-0.2, 0) is 4.79 Å². The predicted molar refractivity (Wildman–Crippen MR) is 108 cm³/mol. The van der Waals surface area contributed by atoms with E-state index in [-0.39, 0.29) is 18.2 Å². The lowest BCUT2D eigenvalue weighted by molar-refractivity contribution is -0.120. The molecule has 3 rings (SSSR count). The molecule has 3 aromatic carbocycles. The summed E-state index contributed by atoms with van der Waals surface area (Å²) < 4.78 is 0.774. The molecule has 3 N–H and O–H groups in total. The number of carbonyl (C=O) groups excluding carboxylic acids is 2. The summed E-state index contributed by atoms with van der Waals surface area (Å²) in [5.74, 6) is -0.773. The van der Waals surface area contributed by atoms with E-state index in [0.29, 0.717) is 11.1 Å². The number of hydrogen-bond acceptors (Lipinski definition) is 4. The van der Waals surface area contributed by atoms with Crippen molar-refractivity contribution in [2.24, 2.45) is 5.10 Å². The zero-order chi connectivity index (χ0) is 19.2. The molecule has 0 unspecified atom stereocenters. The Morgan fingerprint density at radius 2 is 1.85 bits per heavy atom. The molecule has 0 aliphatic carbocycles. The van der Waals surface area contributed by atoms with Gasteiger partial charge < -0.3 is 10.4 Å². The van der Waals surface area contributed by atoms with Crippen molar-refractivity contribution < 1.29 is 14.7 Å². The smallest absolute Gasteiger partial charge is 0.259 e. The van der Waals surface area contributed by atoms with E-state index in [1.54, 1.807) is 24.3 Å². The number of halogens is 1. The highest BCUT2D eigenvalue weighted by atomic mass is 79.9. The number of nitrogens with zero attached hydrogens (tertiary/aromatic N) is 1. The molecule has 0 bridgehead atoms. The molecule has 0 radical (unpaired) electrons. The average molecular weight is 426 g/mol. The van der Waals surface area contributed by atoms with Gasteiger partial charge in [0.15, 0.2) is 0 Å². The Bertz CT molecular complexity index is 1030. The molecule has 0 aliphatic heterocycles. The Labute approximate surface area is 164 Å². The molecule has 0 heterocycles. The molecular weight excluding hydrogens is 410 g/mol. The van der Waals surface area contributed by atoms with Crippen LogP contribution in [0.25, 0.3) is 10.8 Å². The zero-order valence-electron chi connectivity index (χ0n) is 14.1. The first kappa shape index (κ1) is 18.6. The van der Waals surface area contributed by atoms with Crippen molar-refractivity contribution in [1.82, 2.24) is 10.7 Å². The van der Waals surface area contributed by atoms with Gasteiger partial charge in [-0.05, 0) is 35.0 Å². The van der Waals surface area contributed by atoms with Crippen LogP contribution >= 0.6 is 15.9 Å². The molecule has 3 aromatic rings. The molecule has 0 atom stereocenters. The van der Waals surface area contributed by atoms with E-state index in [0.717, 1.165) is 15.2 Å². The first-order valence-corrected chi connectivity index (χ1v) is 8.90. The Morgan fingerprint density at radius 3 is 2.70 bits per heavy atom. The van der Waals surface area contributed by atoms with Crippen molar-refractivity contribution in [3.05, 3.63) is 76.3 Å². The molecule has 0 saturated carbocycles. The van der Waals surface area contributed by atoms with E-state index < -0.39 is 5.91 Å². The van der Waals surface area contributed by atoms with Gasteiger partial charge in [0, 0.05) is 15.6 Å². The maximum Gasteiger partial charge on any atom is 0.259 e. The SMILES string of the molecule is O=C(CNC(=O)c1cccc2ccccc12)N/N=C/c1cc(Br)ccc1O. The highest BCUT2D eigenvalue weighted by Crippen LogP contribution is 2.20. The number of benzene rings is 3. The van der Waals surface area contributed by atoms with Gasteiger partial charge in [0.2, 0.25) is 0 Å². The Hall–Kier alpha value is -3.19. The van der Waals surface area contributed by atoms with Gasteiger partial charge >= 0.3 is 0 Å². The number of phenols is 1. The molecule has 7 heteroatoms. The minimum absolute atomic E-state index is 0.0421. The Balaban J connectivity index is 1.58. The Morgan fingerprint density at radius 1 is 1.07 bits per heavy atom. The van der Waals surface area contributed by atoms with E-state index in [1.807, 2.05) is 30.3 Å². The summed E-state index contributed by atoms with van der Waals surface area (Å²) in [7, 11) is 0. The van der Waals surface area contributed by atoms with Crippen molar-refractivity contribution in [2.75, 3.05) is 6.54 Å². The van der Waals surface area contributed by atoms with Gasteiger partial charge in [0.05, 0.1) is 12.8 Å². The van der Waals surface area contributed by atoms with Gasteiger partial charge in [-0.15, -0.1) is 0 Å². The number of hydrogen-bond donors (Lipinski definition) is 3. The summed E-state index contributed by atoms with van der Waals surface area (Å²) in [4.78, 5) is 24.2. The van der Waals surface area contributed by atoms with Gasteiger partial charge in [-0.25, -0.2) is 5.43 Å². The van der Waals surface area contributed by atoms with Crippen LogP contribution in [0.3, 0.4) is 0 Å². The fourth-order valence-corrected chi connectivity index (χ4v) is 2.90. The van der Waals surface area contributed by atoms with Gasteiger partial charge in [-0.2, -0.15) is 5.10 Å². The quantitative estimate of drug-likeness (QED) is 0.433. The molecule has 6 nitrogen and oxygen atoms in total. The van der Waals surface area contributed by atoms with E-state index in [2.05, 4.69) is 31.8 Å². The van der Waals surface area contributed by atoms with Gasteiger partial charge in [0.25, 0.3) is 11.8 Å². The predicted octanol–water partition coefficient (Wildman–Crippen LogP) is 3.19. The van der Waals surface area contributed by atoms with Crippen LogP contribution in [0.5, 0.6) is 5.75 Å². The van der Waals surface area contributed by atoms with Crippen molar-refractivity contribution in [1.29, 1.82) is 0 Å². The second-order valence-electron chi connectivity index (χ2n) is 5.71. The third kappa shape index (κ3) is 4.71. The van der Waals surface area contributed by atoms with Crippen LogP contribution in [0.4, 0.5) is 0 Å². The van der Waals surface area contributed by atoms with Crippen LogP contribution < -0.4 is 10.7 Å². The van der Waals surface area contributed by atoms with Gasteiger partial charge in [-0.1, -0.05) is 52.3 Å². The molecule has 2 amide bonds. The molecular formula is C20H16BrN3O3. The molecule has 0 aliphatic rings. The molecule has 27 heavy (non-hydrogen) atoms. The number of carbonyl (C=O) groups is 2. The molecule has 0 fully saturated rings. The standard InChI is InChI=1S/C20H16BrN3O3/c21-15-8-9-18(25)14(10-15)11-23-24-19(26)12-22-20(27)17-7-3-5-13-4-1-2-6-16(13)17/h1-11,25H,12H2,(H,22,27)(H,24,26)/b23-11+. The second kappa shape index (κ2) is 8.46. The highest BCUT2D eigenvalue weighted by molar-refractivity contribution is 9.10. The molecule has 0 aromatic heterocycles. The maximum absolute atomic E-state index is 12.4. The third-order valence-corrected chi connectivity index (χ3v) is 4.32. The number of amides is 2. The van der Waals surface area contributed by atoms with Gasteiger partial charge in [0.1, 0.15) is 5.75 Å². The molecule has 0 spiro atoms. The minimum atomic E-state index is -0.477. The van der Waals surface area contributed by atoms with E-state index in [4.69, 9.17) is 0 Å². The third-order valence-electron chi connectivity index (χ3n) is 3.83. The number of aromatic hydroxyl groups is 1. The number of fused-ring (bicyclic) bond motifs is 1. The first-order chi connectivity index (χ1) is 13.0. The lowest BCUT2D eigenvalue weighted by Gasteiger charge is -2.07. The highest BCUT2D eigenvalue weighted by Gasteiger charge is 2.10. The van der Waals surface area contributed by atoms with Crippen LogP contribution in [0.1, 0.15) is 15.9 Å². The van der Waals surface area contributed by atoms with E-state index >= 15 is 0 Å². The average Bonchev–Trinajstić information content (AvgIpc) is 2.68. The second-order valence-corrected chi connectivity index (χ2v) is 6.62. The molecule has 136 valence electrons. The summed E-state index contributed by atoms with van der Waals surface area (Å²) in [6.45, 7) is -0.218. The van der Waals surface area contributed by atoms with Crippen molar-refractivity contribution >= 4 is 44.7 Å². The molecule has 0 saturated heterocycles. The monoisotopic (exact) mass is 425 g/mol.